The van der Waals surface area contributed by atoms with Crippen LogP contribution >= 0.6 is 12.4 Å². The van der Waals surface area contributed by atoms with Crippen LogP contribution in [0.3, 0.4) is 0 Å². The number of hydrogen-bond acceptors (Lipinski definition) is 3. The summed E-state index contributed by atoms with van der Waals surface area (Å²) in [5, 5.41) is 12.7. The number of phenols is 1. The number of hydrogen-bond donors (Lipinski definition) is 3. The number of aromatic hydroxyl groups is 1. The molecule has 1 saturated carbocycles. The van der Waals surface area contributed by atoms with Crippen LogP contribution < -0.4 is 11.1 Å². The van der Waals surface area contributed by atoms with Gasteiger partial charge in [0.05, 0.1) is 5.56 Å². The molecule has 1 aromatic rings. The fraction of sp³-hybridized carbons (Fsp3) is 0.500. The fourth-order valence-corrected chi connectivity index (χ4v) is 2.36. The Balaban J connectivity index is 0.00000180. The summed E-state index contributed by atoms with van der Waals surface area (Å²) in [6.45, 7) is 1.90. The average molecular weight is 285 g/mol. The van der Waals surface area contributed by atoms with Crippen LogP contribution in [0.1, 0.15) is 41.6 Å². The molecule has 0 aromatic heterocycles. The molecule has 0 bridgehead atoms. The van der Waals surface area contributed by atoms with E-state index in [1.807, 2.05) is 6.92 Å². The molecule has 0 radical (unpaired) electrons. The van der Waals surface area contributed by atoms with E-state index in [0.717, 1.165) is 31.2 Å². The molecule has 1 fully saturated rings. The Morgan fingerprint density at radius 3 is 2.58 bits per heavy atom. The van der Waals surface area contributed by atoms with Gasteiger partial charge in [-0.2, -0.15) is 0 Å². The second kappa shape index (κ2) is 6.78. The van der Waals surface area contributed by atoms with Crippen LogP contribution in [-0.4, -0.2) is 23.1 Å². The molecule has 106 valence electrons. The van der Waals surface area contributed by atoms with Crippen molar-refractivity contribution < 1.29 is 9.90 Å². The molecule has 19 heavy (non-hydrogen) atoms. The van der Waals surface area contributed by atoms with E-state index in [1.54, 1.807) is 18.2 Å². The van der Waals surface area contributed by atoms with E-state index in [9.17, 15) is 9.90 Å². The SMILES string of the molecule is Cc1ccc(O)c(C(=O)NC2CCC(N)CC2)c1.Cl. The van der Waals surface area contributed by atoms with Gasteiger partial charge in [-0.3, -0.25) is 4.79 Å². The minimum absolute atomic E-state index is 0. The lowest BCUT2D eigenvalue weighted by atomic mass is 9.91. The summed E-state index contributed by atoms with van der Waals surface area (Å²) < 4.78 is 0. The van der Waals surface area contributed by atoms with Gasteiger partial charge in [-0.15, -0.1) is 12.4 Å². The first-order valence-electron chi connectivity index (χ1n) is 6.42. The summed E-state index contributed by atoms with van der Waals surface area (Å²) in [5.41, 5.74) is 7.14. The number of amides is 1. The highest BCUT2D eigenvalue weighted by Crippen LogP contribution is 2.21. The predicted octanol–water partition coefficient (Wildman–Crippen LogP) is 2.12. The minimum atomic E-state index is -0.198. The quantitative estimate of drug-likeness (QED) is 0.779. The molecule has 0 heterocycles. The lowest BCUT2D eigenvalue weighted by molar-refractivity contribution is 0.0923. The summed E-state index contributed by atoms with van der Waals surface area (Å²) in [6.07, 6.45) is 3.73. The van der Waals surface area contributed by atoms with Crippen molar-refractivity contribution in [1.82, 2.24) is 5.32 Å². The second-order valence-corrected chi connectivity index (χ2v) is 5.11. The summed E-state index contributed by atoms with van der Waals surface area (Å²) in [7, 11) is 0. The van der Waals surface area contributed by atoms with E-state index >= 15 is 0 Å². The molecule has 0 spiro atoms. The summed E-state index contributed by atoms with van der Waals surface area (Å²) in [4.78, 5) is 12.1. The average Bonchev–Trinajstić information content (AvgIpc) is 2.35. The Morgan fingerprint density at radius 1 is 1.32 bits per heavy atom. The van der Waals surface area contributed by atoms with Crippen molar-refractivity contribution in [1.29, 1.82) is 0 Å². The van der Waals surface area contributed by atoms with Gasteiger partial charge in [0.2, 0.25) is 0 Å². The van der Waals surface area contributed by atoms with Crippen molar-refractivity contribution in [3.8, 4) is 5.75 Å². The van der Waals surface area contributed by atoms with Crippen molar-refractivity contribution in [2.24, 2.45) is 5.73 Å². The molecule has 0 atom stereocenters. The highest BCUT2D eigenvalue weighted by Gasteiger charge is 2.21. The standard InChI is InChI=1S/C14H20N2O2.ClH/c1-9-2-7-13(17)12(8-9)14(18)16-11-5-3-10(15)4-6-11;/h2,7-8,10-11,17H,3-6,15H2,1H3,(H,16,18);1H. The molecule has 2 rings (SSSR count). The van der Waals surface area contributed by atoms with Gasteiger partial charge in [0.25, 0.3) is 5.91 Å². The number of aryl methyl sites for hydroxylation is 1. The van der Waals surface area contributed by atoms with Gasteiger partial charge in [-0.05, 0) is 44.7 Å². The zero-order chi connectivity index (χ0) is 13.1. The first-order chi connectivity index (χ1) is 8.56. The van der Waals surface area contributed by atoms with Gasteiger partial charge in [0, 0.05) is 12.1 Å². The van der Waals surface area contributed by atoms with Crippen LogP contribution in [0.5, 0.6) is 5.75 Å². The molecule has 0 unspecified atom stereocenters. The normalized spacial score (nSPS) is 22.4. The summed E-state index contributed by atoms with van der Waals surface area (Å²) >= 11 is 0. The van der Waals surface area contributed by atoms with E-state index in [4.69, 9.17) is 5.73 Å². The van der Waals surface area contributed by atoms with Crippen LogP contribution in [0.15, 0.2) is 18.2 Å². The van der Waals surface area contributed by atoms with Crippen molar-refractivity contribution >= 4 is 18.3 Å². The third-order valence-corrected chi connectivity index (χ3v) is 3.50. The fourth-order valence-electron chi connectivity index (χ4n) is 2.36. The molecule has 1 aliphatic rings. The van der Waals surface area contributed by atoms with Crippen molar-refractivity contribution in [2.75, 3.05) is 0 Å². The van der Waals surface area contributed by atoms with E-state index in [-0.39, 0.29) is 36.1 Å². The van der Waals surface area contributed by atoms with E-state index in [2.05, 4.69) is 5.32 Å². The molecule has 4 N–H and O–H groups in total. The zero-order valence-electron chi connectivity index (χ0n) is 11.1. The van der Waals surface area contributed by atoms with Gasteiger partial charge in [-0.25, -0.2) is 0 Å². The second-order valence-electron chi connectivity index (χ2n) is 5.11. The number of rotatable bonds is 2. The van der Waals surface area contributed by atoms with Crippen LogP contribution in [0.2, 0.25) is 0 Å². The number of carbonyl (C=O) groups excluding carboxylic acids is 1. The van der Waals surface area contributed by atoms with Crippen LogP contribution in [0, 0.1) is 6.92 Å². The smallest absolute Gasteiger partial charge is 0.255 e. The van der Waals surface area contributed by atoms with E-state index in [1.165, 1.54) is 0 Å². The number of benzene rings is 1. The minimum Gasteiger partial charge on any atom is -0.507 e. The third-order valence-electron chi connectivity index (χ3n) is 3.50. The van der Waals surface area contributed by atoms with Crippen LogP contribution in [0.25, 0.3) is 0 Å². The molecule has 0 aliphatic heterocycles. The number of nitrogens with two attached hydrogens (primary N) is 1. The summed E-state index contributed by atoms with van der Waals surface area (Å²) in [6, 6.07) is 5.49. The topological polar surface area (TPSA) is 75.3 Å². The van der Waals surface area contributed by atoms with Gasteiger partial charge in [0.1, 0.15) is 5.75 Å². The lowest BCUT2D eigenvalue weighted by Gasteiger charge is -2.26. The molecule has 4 nitrogen and oxygen atoms in total. The number of nitrogens with one attached hydrogen (secondary N) is 1. The maximum absolute atomic E-state index is 12.1. The Labute approximate surface area is 119 Å². The number of halogens is 1. The zero-order valence-corrected chi connectivity index (χ0v) is 11.9. The Bertz CT molecular complexity index is 443. The number of carbonyl (C=O) groups is 1. The Hall–Kier alpha value is -1.26. The number of phenolic OH excluding ortho intramolecular Hbond substituents is 1. The maximum Gasteiger partial charge on any atom is 0.255 e. The predicted molar refractivity (Wildman–Crippen MR) is 77.8 cm³/mol. The van der Waals surface area contributed by atoms with Gasteiger partial charge in [0.15, 0.2) is 0 Å². The largest absolute Gasteiger partial charge is 0.507 e. The van der Waals surface area contributed by atoms with Crippen molar-refractivity contribution in [3.05, 3.63) is 29.3 Å². The molecule has 1 aromatic carbocycles. The van der Waals surface area contributed by atoms with Crippen LogP contribution in [-0.2, 0) is 0 Å². The van der Waals surface area contributed by atoms with Gasteiger partial charge >= 0.3 is 0 Å². The first kappa shape index (κ1) is 15.8. The van der Waals surface area contributed by atoms with E-state index in [0.29, 0.717) is 5.56 Å². The van der Waals surface area contributed by atoms with E-state index < -0.39 is 0 Å². The van der Waals surface area contributed by atoms with Gasteiger partial charge in [-0.1, -0.05) is 11.6 Å². The highest BCUT2D eigenvalue weighted by molar-refractivity contribution is 5.97. The molecule has 5 heteroatoms. The molecular weight excluding hydrogens is 264 g/mol. The highest BCUT2D eigenvalue weighted by atomic mass is 35.5. The molecular formula is C14H21ClN2O2. The van der Waals surface area contributed by atoms with Crippen molar-refractivity contribution in [3.63, 3.8) is 0 Å². The monoisotopic (exact) mass is 284 g/mol. The maximum atomic E-state index is 12.1. The molecule has 1 amide bonds. The Kier molecular flexibility index (Phi) is 5.63. The first-order valence-corrected chi connectivity index (χ1v) is 6.42. The van der Waals surface area contributed by atoms with Gasteiger partial charge < -0.3 is 16.2 Å². The van der Waals surface area contributed by atoms with Crippen molar-refractivity contribution in [2.45, 2.75) is 44.7 Å². The third kappa shape index (κ3) is 4.11. The molecule has 1 aliphatic carbocycles. The molecule has 0 saturated heterocycles. The van der Waals surface area contributed by atoms with Crippen LogP contribution in [0.4, 0.5) is 0 Å². The lowest BCUT2D eigenvalue weighted by Crippen LogP contribution is -2.40. The Morgan fingerprint density at radius 2 is 1.95 bits per heavy atom. The summed E-state index contributed by atoms with van der Waals surface area (Å²) in [5.74, 6) is -0.165.